The maximum Gasteiger partial charge on any atom is 0.309 e. The monoisotopic (exact) mass is 335 g/mol. The van der Waals surface area contributed by atoms with Crippen LogP contribution in [0.2, 0.25) is 0 Å². The molecule has 22 heavy (non-hydrogen) atoms. The summed E-state index contributed by atoms with van der Waals surface area (Å²) < 4.78 is 1.78. The molecule has 0 bridgehead atoms. The lowest BCUT2D eigenvalue weighted by molar-refractivity contribution is -0.138. The lowest BCUT2D eigenvalue weighted by Gasteiger charge is -2.02. The van der Waals surface area contributed by atoms with E-state index in [1.54, 1.807) is 15.9 Å². The Hall–Kier alpha value is -2.26. The Balaban J connectivity index is 1.69. The molecule has 114 valence electrons. The van der Waals surface area contributed by atoms with E-state index >= 15 is 0 Å². The van der Waals surface area contributed by atoms with Gasteiger partial charge in [0.15, 0.2) is 5.82 Å². The van der Waals surface area contributed by atoms with Crippen LogP contribution in [0.4, 0.5) is 0 Å². The van der Waals surface area contributed by atoms with Gasteiger partial charge >= 0.3 is 11.8 Å². The Kier molecular flexibility index (Phi) is 4.16. The number of nitrogens with zero attached hydrogens (tertiary/aromatic N) is 3. The number of hydrogen-bond acceptors (Lipinski definition) is 6. The van der Waals surface area contributed by atoms with Gasteiger partial charge in [-0.15, -0.1) is 27.8 Å². The first-order valence-corrected chi connectivity index (χ1v) is 8.32. The molecule has 3 aromatic rings. The minimum Gasteiger partial charge on any atom is -0.351 e. The molecule has 0 spiro atoms. The van der Waals surface area contributed by atoms with Crippen LogP contribution in [0.1, 0.15) is 5.69 Å². The maximum absolute atomic E-state index is 11.4. The zero-order valence-electron chi connectivity index (χ0n) is 11.7. The third kappa shape index (κ3) is 2.85. The number of amides is 2. The minimum absolute atomic E-state index is 0.367. The topological polar surface area (TPSA) is 88.4 Å². The fourth-order valence-electron chi connectivity index (χ4n) is 1.90. The molecule has 0 aromatic carbocycles. The quantitative estimate of drug-likeness (QED) is 0.694. The van der Waals surface area contributed by atoms with Crippen LogP contribution in [-0.2, 0) is 16.0 Å². The number of thiophene rings is 1. The van der Waals surface area contributed by atoms with E-state index in [0.29, 0.717) is 18.8 Å². The molecule has 0 saturated carbocycles. The van der Waals surface area contributed by atoms with E-state index in [2.05, 4.69) is 20.7 Å². The van der Waals surface area contributed by atoms with E-state index in [1.807, 2.05) is 22.9 Å². The van der Waals surface area contributed by atoms with Crippen LogP contribution >= 0.6 is 22.7 Å². The van der Waals surface area contributed by atoms with Crippen LogP contribution in [0.25, 0.3) is 15.7 Å². The molecule has 7 nitrogen and oxygen atoms in total. The van der Waals surface area contributed by atoms with Gasteiger partial charge in [0.1, 0.15) is 0 Å². The average molecular weight is 335 g/mol. The van der Waals surface area contributed by atoms with Crippen molar-refractivity contribution in [3.63, 3.8) is 0 Å². The summed E-state index contributed by atoms with van der Waals surface area (Å²) in [6.07, 6.45) is 0.579. The highest BCUT2D eigenvalue weighted by atomic mass is 32.1. The number of thiazole rings is 1. The van der Waals surface area contributed by atoms with Crippen molar-refractivity contribution in [1.29, 1.82) is 0 Å². The molecule has 0 saturated heterocycles. The molecule has 0 unspecified atom stereocenters. The van der Waals surface area contributed by atoms with Crippen LogP contribution in [0.5, 0.6) is 0 Å². The van der Waals surface area contributed by atoms with Gasteiger partial charge in [0, 0.05) is 25.4 Å². The lowest BCUT2D eigenvalue weighted by Crippen LogP contribution is -2.39. The Morgan fingerprint density at radius 2 is 2.18 bits per heavy atom. The first kappa shape index (κ1) is 14.7. The summed E-state index contributed by atoms with van der Waals surface area (Å²) in [6, 6.07) is 3.94. The zero-order valence-corrected chi connectivity index (χ0v) is 13.3. The first-order chi connectivity index (χ1) is 10.7. The van der Waals surface area contributed by atoms with Gasteiger partial charge in [0.2, 0.25) is 4.96 Å². The number of likely N-dealkylation sites (N-methyl/N-ethyl adjacent to an activating group) is 1. The lowest BCUT2D eigenvalue weighted by atomic mass is 10.3. The molecule has 0 aliphatic rings. The second-order valence-corrected chi connectivity index (χ2v) is 6.20. The van der Waals surface area contributed by atoms with Crippen molar-refractivity contribution in [2.24, 2.45) is 0 Å². The number of nitrogens with one attached hydrogen (secondary N) is 2. The Morgan fingerprint density at radius 3 is 2.91 bits per heavy atom. The first-order valence-electron chi connectivity index (χ1n) is 6.56. The van der Waals surface area contributed by atoms with E-state index in [4.69, 9.17) is 0 Å². The van der Waals surface area contributed by atoms with Crippen LogP contribution < -0.4 is 10.6 Å². The largest absolute Gasteiger partial charge is 0.351 e. The van der Waals surface area contributed by atoms with E-state index in [9.17, 15) is 9.59 Å². The molecule has 2 amide bonds. The smallest absolute Gasteiger partial charge is 0.309 e. The van der Waals surface area contributed by atoms with Crippen molar-refractivity contribution in [3.05, 3.63) is 28.6 Å². The van der Waals surface area contributed by atoms with Gasteiger partial charge in [-0.25, -0.2) is 4.52 Å². The summed E-state index contributed by atoms with van der Waals surface area (Å²) in [5, 5.41) is 13.3. The summed E-state index contributed by atoms with van der Waals surface area (Å²) in [4.78, 5) is 28.8. The summed E-state index contributed by atoms with van der Waals surface area (Å²) >= 11 is 3.10. The molecule has 0 radical (unpaired) electrons. The molecule has 3 rings (SSSR count). The third-order valence-electron chi connectivity index (χ3n) is 2.99. The van der Waals surface area contributed by atoms with Crippen molar-refractivity contribution in [1.82, 2.24) is 25.2 Å². The Labute approximate surface area is 134 Å². The number of fused-ring (bicyclic) bond motifs is 1. The van der Waals surface area contributed by atoms with Gasteiger partial charge < -0.3 is 10.6 Å². The molecule has 0 aliphatic heterocycles. The third-order valence-corrected chi connectivity index (χ3v) is 4.72. The zero-order chi connectivity index (χ0) is 15.5. The fourth-order valence-corrected chi connectivity index (χ4v) is 3.41. The number of carbonyl (C=O) groups excluding carboxylic acids is 2. The van der Waals surface area contributed by atoms with Crippen molar-refractivity contribution in [3.8, 4) is 10.7 Å². The van der Waals surface area contributed by atoms with Crippen LogP contribution in [0.3, 0.4) is 0 Å². The molecule has 0 fully saturated rings. The number of hydrogen-bond donors (Lipinski definition) is 2. The standard InChI is InChI=1S/C13H13N5O2S2/c1-14-11(19)12(20)15-5-4-8-7-22-13-16-10(17-18(8)13)9-3-2-6-21-9/h2-3,6-7H,4-5H2,1H3,(H,14,19)(H,15,20). The van der Waals surface area contributed by atoms with Crippen LogP contribution in [0, 0.1) is 0 Å². The van der Waals surface area contributed by atoms with E-state index in [1.165, 1.54) is 18.4 Å². The average Bonchev–Trinajstić information content (AvgIpc) is 3.23. The molecular formula is C13H13N5O2S2. The summed E-state index contributed by atoms with van der Waals surface area (Å²) in [5.41, 5.74) is 0.951. The highest BCUT2D eigenvalue weighted by Crippen LogP contribution is 2.24. The van der Waals surface area contributed by atoms with Gasteiger partial charge in [-0.1, -0.05) is 6.07 Å². The fraction of sp³-hybridized carbons (Fsp3) is 0.231. The van der Waals surface area contributed by atoms with Crippen LogP contribution in [-0.4, -0.2) is 40.0 Å². The minimum atomic E-state index is -0.642. The van der Waals surface area contributed by atoms with Crippen LogP contribution in [0.15, 0.2) is 22.9 Å². The number of rotatable bonds is 4. The van der Waals surface area contributed by atoms with Crippen molar-refractivity contribution < 1.29 is 9.59 Å². The molecule has 0 aliphatic carbocycles. The SMILES string of the molecule is CNC(=O)C(=O)NCCc1csc2nc(-c3cccs3)nn12. The maximum atomic E-state index is 11.4. The van der Waals surface area contributed by atoms with Gasteiger partial charge in [-0.05, 0) is 11.4 Å². The predicted octanol–water partition coefficient (Wildman–Crippen LogP) is 0.924. The van der Waals surface area contributed by atoms with Gasteiger partial charge in [-0.3, -0.25) is 9.59 Å². The van der Waals surface area contributed by atoms with Crippen molar-refractivity contribution >= 4 is 39.4 Å². The summed E-state index contributed by atoms with van der Waals surface area (Å²) in [6.45, 7) is 0.367. The molecule has 3 heterocycles. The second kappa shape index (κ2) is 6.24. The molecular weight excluding hydrogens is 322 g/mol. The van der Waals surface area contributed by atoms with E-state index in [0.717, 1.165) is 15.5 Å². The summed E-state index contributed by atoms with van der Waals surface area (Å²) in [7, 11) is 1.42. The van der Waals surface area contributed by atoms with Gasteiger partial charge in [0.05, 0.1) is 10.6 Å². The molecule has 9 heteroatoms. The number of aromatic nitrogens is 3. The summed E-state index contributed by atoms with van der Waals surface area (Å²) in [5.74, 6) is -0.569. The highest BCUT2D eigenvalue weighted by Gasteiger charge is 2.13. The Morgan fingerprint density at radius 1 is 1.32 bits per heavy atom. The van der Waals surface area contributed by atoms with Crippen molar-refractivity contribution in [2.45, 2.75) is 6.42 Å². The predicted molar refractivity (Wildman–Crippen MR) is 85.0 cm³/mol. The highest BCUT2D eigenvalue weighted by molar-refractivity contribution is 7.15. The van der Waals surface area contributed by atoms with E-state index in [-0.39, 0.29) is 0 Å². The molecule has 0 atom stereocenters. The van der Waals surface area contributed by atoms with Crippen molar-refractivity contribution in [2.75, 3.05) is 13.6 Å². The van der Waals surface area contributed by atoms with Gasteiger partial charge in [-0.2, -0.15) is 4.98 Å². The normalized spacial score (nSPS) is 10.8. The Bertz CT molecular complexity index is 806. The second-order valence-electron chi connectivity index (χ2n) is 4.42. The van der Waals surface area contributed by atoms with E-state index < -0.39 is 11.8 Å². The number of carbonyl (C=O) groups is 2. The molecule has 2 N–H and O–H groups in total. The molecule has 3 aromatic heterocycles. The van der Waals surface area contributed by atoms with Gasteiger partial charge in [0.25, 0.3) is 0 Å².